The summed E-state index contributed by atoms with van der Waals surface area (Å²) in [7, 11) is 0. The van der Waals surface area contributed by atoms with Gasteiger partial charge in [-0.05, 0) is 18.4 Å². The minimum atomic E-state index is -0.519. The van der Waals surface area contributed by atoms with Crippen LogP contribution in [0, 0.1) is 5.92 Å². The molecule has 1 rings (SSSR count). The summed E-state index contributed by atoms with van der Waals surface area (Å²) >= 11 is 5.09. The molecule has 0 aliphatic rings. The Hall–Kier alpha value is -1.42. The first-order valence-electron chi connectivity index (χ1n) is 6.60. The number of nitrogens with two attached hydrogens (primary N) is 1. The number of carbonyl (C=O) groups is 1. The molecule has 0 heterocycles. The number of thiocarbonyl (C=S) groups is 1. The van der Waals surface area contributed by atoms with Crippen LogP contribution in [0.25, 0.3) is 0 Å². The monoisotopic (exact) mass is 278 g/mol. The molecule has 4 heteroatoms. The van der Waals surface area contributed by atoms with Crippen molar-refractivity contribution in [3.63, 3.8) is 0 Å². The van der Waals surface area contributed by atoms with Crippen LogP contribution in [0.2, 0.25) is 0 Å². The van der Waals surface area contributed by atoms with E-state index >= 15 is 0 Å². The third kappa shape index (κ3) is 4.31. The van der Waals surface area contributed by atoms with Crippen LogP contribution in [0.15, 0.2) is 30.3 Å². The van der Waals surface area contributed by atoms with Gasteiger partial charge in [0.15, 0.2) is 0 Å². The summed E-state index contributed by atoms with van der Waals surface area (Å²) in [5.41, 5.74) is 6.64. The number of amides is 1. The van der Waals surface area contributed by atoms with Crippen LogP contribution in [0.5, 0.6) is 0 Å². The summed E-state index contributed by atoms with van der Waals surface area (Å²) in [5.74, 6) is -0.100. The number of hydrogen-bond acceptors (Lipinski definition) is 2. The van der Waals surface area contributed by atoms with Crippen molar-refractivity contribution in [1.82, 2.24) is 4.90 Å². The average molecular weight is 278 g/mol. The van der Waals surface area contributed by atoms with E-state index in [1.54, 1.807) is 0 Å². The van der Waals surface area contributed by atoms with Gasteiger partial charge in [-0.25, -0.2) is 0 Å². The van der Waals surface area contributed by atoms with Crippen LogP contribution in [0.4, 0.5) is 0 Å². The Labute approximate surface area is 120 Å². The molecule has 0 fully saturated rings. The van der Waals surface area contributed by atoms with Gasteiger partial charge in [-0.1, -0.05) is 56.4 Å². The summed E-state index contributed by atoms with van der Waals surface area (Å²) in [6, 6.07) is 9.49. The number of benzene rings is 1. The Balaban J connectivity index is 2.99. The van der Waals surface area contributed by atoms with Crippen molar-refractivity contribution in [3.05, 3.63) is 35.9 Å². The van der Waals surface area contributed by atoms with Gasteiger partial charge in [-0.2, -0.15) is 0 Å². The van der Waals surface area contributed by atoms with Crippen LogP contribution in [0.3, 0.4) is 0 Å². The maximum absolute atomic E-state index is 12.6. The van der Waals surface area contributed by atoms with Crippen LogP contribution >= 0.6 is 12.2 Å². The van der Waals surface area contributed by atoms with Crippen molar-refractivity contribution >= 4 is 23.1 Å². The molecule has 104 valence electrons. The standard InChI is InChI=1S/C15H22N2OS/c1-4-17(10-11(2)3)15(18)13(14(16)19)12-8-6-5-7-9-12/h5-9,11,13H,4,10H2,1-3H3,(H2,16,19). The van der Waals surface area contributed by atoms with Gasteiger partial charge >= 0.3 is 0 Å². The molecule has 3 nitrogen and oxygen atoms in total. The highest BCUT2D eigenvalue weighted by Gasteiger charge is 2.27. The number of nitrogens with zero attached hydrogens (tertiary/aromatic N) is 1. The third-order valence-corrected chi connectivity index (χ3v) is 3.18. The van der Waals surface area contributed by atoms with E-state index in [0.29, 0.717) is 12.5 Å². The SMILES string of the molecule is CCN(CC(C)C)C(=O)C(C(N)=S)c1ccccc1. The van der Waals surface area contributed by atoms with E-state index < -0.39 is 5.92 Å². The van der Waals surface area contributed by atoms with Gasteiger partial charge in [0.2, 0.25) is 5.91 Å². The lowest BCUT2D eigenvalue weighted by molar-refractivity contribution is -0.131. The Bertz CT molecular complexity index is 431. The molecule has 0 bridgehead atoms. The van der Waals surface area contributed by atoms with Crippen LogP contribution in [-0.4, -0.2) is 28.9 Å². The molecular weight excluding hydrogens is 256 g/mol. The van der Waals surface area contributed by atoms with Crippen LogP contribution in [-0.2, 0) is 4.79 Å². The zero-order valence-corrected chi connectivity index (χ0v) is 12.6. The Morgan fingerprint density at radius 2 is 1.89 bits per heavy atom. The average Bonchev–Trinajstić information content (AvgIpc) is 2.36. The topological polar surface area (TPSA) is 46.3 Å². The molecular formula is C15H22N2OS. The molecule has 1 amide bonds. The highest BCUT2D eigenvalue weighted by molar-refractivity contribution is 7.80. The number of hydrogen-bond donors (Lipinski definition) is 1. The first-order chi connectivity index (χ1) is 8.97. The van der Waals surface area contributed by atoms with Gasteiger partial charge in [0.1, 0.15) is 5.92 Å². The fraction of sp³-hybridized carbons (Fsp3) is 0.467. The predicted molar refractivity (Wildman–Crippen MR) is 83.1 cm³/mol. The summed E-state index contributed by atoms with van der Waals surface area (Å²) in [4.78, 5) is 14.7. The second kappa shape index (κ2) is 7.24. The minimum Gasteiger partial charge on any atom is -0.392 e. The van der Waals surface area contributed by atoms with E-state index in [9.17, 15) is 4.79 Å². The maximum Gasteiger partial charge on any atom is 0.236 e. The Morgan fingerprint density at radius 1 is 1.32 bits per heavy atom. The highest BCUT2D eigenvalue weighted by atomic mass is 32.1. The number of carbonyl (C=O) groups excluding carboxylic acids is 1. The van der Waals surface area contributed by atoms with E-state index in [1.807, 2.05) is 42.2 Å². The van der Waals surface area contributed by atoms with Crippen molar-refractivity contribution in [1.29, 1.82) is 0 Å². The quantitative estimate of drug-likeness (QED) is 0.814. The van der Waals surface area contributed by atoms with E-state index in [0.717, 1.165) is 12.1 Å². The molecule has 1 unspecified atom stereocenters. The molecule has 0 saturated heterocycles. The van der Waals surface area contributed by atoms with Gasteiger partial charge in [0, 0.05) is 13.1 Å². The molecule has 1 aromatic carbocycles. The summed E-state index contributed by atoms with van der Waals surface area (Å²) < 4.78 is 0. The van der Waals surface area contributed by atoms with Gasteiger partial charge in [-0.15, -0.1) is 0 Å². The molecule has 0 aromatic heterocycles. The molecule has 0 aliphatic carbocycles. The van der Waals surface area contributed by atoms with Crippen molar-refractivity contribution < 1.29 is 4.79 Å². The molecule has 0 radical (unpaired) electrons. The number of likely N-dealkylation sites (N-methyl/N-ethyl adjacent to an activating group) is 1. The molecule has 1 atom stereocenters. The highest BCUT2D eigenvalue weighted by Crippen LogP contribution is 2.19. The van der Waals surface area contributed by atoms with Gasteiger partial charge < -0.3 is 10.6 Å². The van der Waals surface area contributed by atoms with E-state index in [1.165, 1.54) is 0 Å². The largest absolute Gasteiger partial charge is 0.392 e. The molecule has 0 aliphatic heterocycles. The second-order valence-electron chi connectivity index (χ2n) is 5.02. The molecule has 19 heavy (non-hydrogen) atoms. The van der Waals surface area contributed by atoms with E-state index in [2.05, 4.69) is 13.8 Å². The lowest BCUT2D eigenvalue weighted by Gasteiger charge is -2.27. The first kappa shape index (κ1) is 15.6. The fourth-order valence-electron chi connectivity index (χ4n) is 2.07. The van der Waals surface area contributed by atoms with E-state index in [-0.39, 0.29) is 10.9 Å². The first-order valence-corrected chi connectivity index (χ1v) is 7.01. The van der Waals surface area contributed by atoms with Crippen molar-refractivity contribution in [2.75, 3.05) is 13.1 Å². The number of rotatable bonds is 6. The molecule has 0 spiro atoms. The Kier molecular flexibility index (Phi) is 5.96. The van der Waals surface area contributed by atoms with Crippen molar-refractivity contribution in [2.24, 2.45) is 11.7 Å². The zero-order valence-electron chi connectivity index (χ0n) is 11.8. The lowest BCUT2D eigenvalue weighted by atomic mass is 9.97. The van der Waals surface area contributed by atoms with Gasteiger partial charge in [0.05, 0.1) is 4.99 Å². The summed E-state index contributed by atoms with van der Waals surface area (Å²) in [5, 5.41) is 0. The summed E-state index contributed by atoms with van der Waals surface area (Å²) in [6.07, 6.45) is 0. The smallest absolute Gasteiger partial charge is 0.236 e. The van der Waals surface area contributed by atoms with Gasteiger partial charge in [0.25, 0.3) is 0 Å². The normalized spacial score (nSPS) is 12.2. The maximum atomic E-state index is 12.6. The lowest BCUT2D eigenvalue weighted by Crippen LogP contribution is -2.41. The second-order valence-corrected chi connectivity index (χ2v) is 5.49. The van der Waals surface area contributed by atoms with Crippen molar-refractivity contribution in [2.45, 2.75) is 26.7 Å². The fourth-order valence-corrected chi connectivity index (χ4v) is 2.31. The predicted octanol–water partition coefficient (Wildman–Crippen LogP) is 2.56. The van der Waals surface area contributed by atoms with E-state index in [4.69, 9.17) is 18.0 Å². The Morgan fingerprint density at radius 3 is 2.32 bits per heavy atom. The molecule has 1 aromatic rings. The summed E-state index contributed by atoms with van der Waals surface area (Å²) in [6.45, 7) is 7.55. The van der Waals surface area contributed by atoms with Crippen LogP contribution < -0.4 is 5.73 Å². The van der Waals surface area contributed by atoms with Crippen LogP contribution in [0.1, 0.15) is 32.3 Å². The molecule has 2 N–H and O–H groups in total. The zero-order chi connectivity index (χ0) is 14.4. The van der Waals surface area contributed by atoms with Crippen molar-refractivity contribution in [3.8, 4) is 0 Å². The minimum absolute atomic E-state index is 0.00472. The molecule has 0 saturated carbocycles. The third-order valence-electron chi connectivity index (χ3n) is 2.94. The van der Waals surface area contributed by atoms with Gasteiger partial charge in [-0.3, -0.25) is 4.79 Å².